The van der Waals surface area contributed by atoms with Crippen LogP contribution in [0.5, 0.6) is 0 Å². The summed E-state index contributed by atoms with van der Waals surface area (Å²) in [6.45, 7) is 2.97. The van der Waals surface area contributed by atoms with Crippen LogP contribution in [-0.4, -0.2) is 78.2 Å². The van der Waals surface area contributed by atoms with Gasteiger partial charge >= 0.3 is 12.1 Å². The third-order valence-corrected chi connectivity index (χ3v) is 8.17. The summed E-state index contributed by atoms with van der Waals surface area (Å²) in [5.41, 5.74) is 0.492. The van der Waals surface area contributed by atoms with Crippen LogP contribution >= 0.6 is 58.3 Å². The van der Waals surface area contributed by atoms with Crippen LogP contribution in [0, 0.1) is 10.1 Å². The number of non-ortho nitro benzene ring substituents is 1. The van der Waals surface area contributed by atoms with Gasteiger partial charge in [0.05, 0.1) is 16.8 Å². The molecule has 18 heteroatoms. The second-order valence-electron chi connectivity index (χ2n) is 8.40. The van der Waals surface area contributed by atoms with Crippen LogP contribution in [0.15, 0.2) is 24.3 Å². The number of carbonyl (C=O) groups excluding carboxylic acids is 5. The third-order valence-electron chi connectivity index (χ3n) is 5.36. The van der Waals surface area contributed by atoms with Crippen LogP contribution in [0.2, 0.25) is 0 Å². The number of nitro benzene ring substituents is 1. The SMILES string of the molecule is CC(=O)S[C@@H]1C[C@@H](CSC(C)C(=O)NCNC(=O)NC(=O)C(Cl)(Cl)Cl)N(C(=O)OCc2ccc([N+](=O)[O-])cc2)C1. The Morgan fingerprint density at radius 3 is 2.40 bits per heavy atom. The molecule has 1 aliphatic heterocycles. The van der Waals surface area contributed by atoms with E-state index in [4.69, 9.17) is 39.5 Å². The van der Waals surface area contributed by atoms with Gasteiger partial charge in [-0.25, -0.2) is 9.59 Å². The first-order chi connectivity index (χ1) is 18.7. The zero-order valence-electron chi connectivity index (χ0n) is 21.2. The molecule has 1 aliphatic rings. The Bertz CT molecular complexity index is 1120. The molecule has 1 saturated heterocycles. The minimum Gasteiger partial charge on any atom is -0.445 e. The average molecular weight is 659 g/mol. The van der Waals surface area contributed by atoms with Crippen LogP contribution in [0.4, 0.5) is 15.3 Å². The molecule has 13 nitrogen and oxygen atoms in total. The number of urea groups is 1. The van der Waals surface area contributed by atoms with Crippen LogP contribution < -0.4 is 16.0 Å². The minimum atomic E-state index is -2.32. The predicted molar refractivity (Wildman–Crippen MR) is 152 cm³/mol. The zero-order valence-corrected chi connectivity index (χ0v) is 25.1. The van der Waals surface area contributed by atoms with E-state index in [1.807, 2.05) is 0 Å². The van der Waals surface area contributed by atoms with E-state index in [9.17, 15) is 34.1 Å². The number of carbonyl (C=O) groups is 5. The number of amides is 5. The number of likely N-dealkylation sites (tertiary alicyclic amines) is 1. The molecule has 3 N–H and O–H groups in total. The molecular formula is C22H26Cl3N5O8S2. The summed E-state index contributed by atoms with van der Waals surface area (Å²) < 4.78 is 3.09. The van der Waals surface area contributed by atoms with Crippen LogP contribution in [0.1, 0.15) is 25.8 Å². The van der Waals surface area contributed by atoms with Crippen LogP contribution in [0.3, 0.4) is 0 Å². The van der Waals surface area contributed by atoms with Crippen molar-refractivity contribution in [1.82, 2.24) is 20.9 Å². The van der Waals surface area contributed by atoms with Gasteiger partial charge in [0, 0.05) is 42.6 Å². The van der Waals surface area contributed by atoms with Gasteiger partial charge < -0.3 is 20.3 Å². The summed E-state index contributed by atoms with van der Waals surface area (Å²) in [5.74, 6) is -1.21. The number of imide groups is 1. The topological polar surface area (TPSA) is 177 Å². The van der Waals surface area contributed by atoms with E-state index in [0.29, 0.717) is 17.7 Å². The quantitative estimate of drug-likeness (QED) is 0.146. The number of nitro groups is 1. The summed E-state index contributed by atoms with van der Waals surface area (Å²) >= 11 is 18.5. The fourth-order valence-corrected chi connectivity index (χ4v) is 5.65. The van der Waals surface area contributed by atoms with Gasteiger partial charge in [-0.05, 0) is 31.0 Å². The maximum absolute atomic E-state index is 12.9. The molecule has 1 heterocycles. The highest BCUT2D eigenvalue weighted by Gasteiger charge is 2.37. The molecule has 3 atom stereocenters. The van der Waals surface area contributed by atoms with Crippen molar-refractivity contribution in [2.24, 2.45) is 0 Å². The van der Waals surface area contributed by atoms with Gasteiger partial charge in [0.25, 0.3) is 15.4 Å². The van der Waals surface area contributed by atoms with E-state index in [1.165, 1.54) is 47.9 Å². The first-order valence-corrected chi connectivity index (χ1v) is 14.6. The van der Waals surface area contributed by atoms with Gasteiger partial charge in [0.15, 0.2) is 5.12 Å². The average Bonchev–Trinajstić information content (AvgIpc) is 3.27. The molecule has 2 rings (SSSR count). The number of nitrogens with one attached hydrogen (secondary N) is 3. The molecule has 1 fully saturated rings. The number of alkyl halides is 3. The Morgan fingerprint density at radius 1 is 1.18 bits per heavy atom. The van der Waals surface area contributed by atoms with Gasteiger partial charge in [-0.15, -0.1) is 11.8 Å². The number of nitrogens with zero attached hydrogens (tertiary/aromatic N) is 2. The molecule has 0 bridgehead atoms. The Hall–Kier alpha value is -2.46. The highest BCUT2D eigenvalue weighted by molar-refractivity contribution is 8.14. The second-order valence-corrected chi connectivity index (χ2v) is 13.5. The molecule has 5 amide bonds. The van der Waals surface area contributed by atoms with E-state index in [1.54, 1.807) is 12.2 Å². The number of halogens is 3. The lowest BCUT2D eigenvalue weighted by Crippen LogP contribution is -2.48. The number of benzene rings is 1. The molecule has 0 radical (unpaired) electrons. The Labute approximate surface area is 252 Å². The van der Waals surface area contributed by atoms with Crippen LogP contribution in [-0.2, 0) is 25.7 Å². The molecule has 0 spiro atoms. The van der Waals surface area contributed by atoms with Gasteiger partial charge in [0.1, 0.15) is 6.61 Å². The van der Waals surface area contributed by atoms with E-state index in [2.05, 4.69) is 10.6 Å². The van der Waals surface area contributed by atoms with E-state index in [-0.39, 0.29) is 41.9 Å². The maximum atomic E-state index is 12.9. The molecule has 0 aliphatic carbocycles. The fourth-order valence-electron chi connectivity index (χ4n) is 3.42. The molecule has 1 aromatic carbocycles. The summed E-state index contributed by atoms with van der Waals surface area (Å²) in [6, 6.07) is 4.33. The van der Waals surface area contributed by atoms with Crippen molar-refractivity contribution in [2.45, 2.75) is 47.2 Å². The molecule has 1 unspecified atom stereocenters. The molecule has 1 aromatic rings. The molecular weight excluding hydrogens is 633 g/mol. The minimum absolute atomic E-state index is 0.0804. The lowest BCUT2D eigenvalue weighted by molar-refractivity contribution is -0.384. The molecule has 40 heavy (non-hydrogen) atoms. The van der Waals surface area contributed by atoms with Crippen molar-refractivity contribution in [1.29, 1.82) is 0 Å². The van der Waals surface area contributed by atoms with Gasteiger partial charge in [0.2, 0.25) is 5.91 Å². The smallest absolute Gasteiger partial charge is 0.410 e. The van der Waals surface area contributed by atoms with Gasteiger partial charge in [-0.1, -0.05) is 46.6 Å². The number of hydrogen-bond donors (Lipinski definition) is 3. The van der Waals surface area contributed by atoms with E-state index < -0.39 is 37.9 Å². The van der Waals surface area contributed by atoms with Crippen molar-refractivity contribution in [3.8, 4) is 0 Å². The van der Waals surface area contributed by atoms with E-state index in [0.717, 1.165) is 11.8 Å². The highest BCUT2D eigenvalue weighted by atomic mass is 35.6. The third kappa shape index (κ3) is 11.2. The summed E-state index contributed by atoms with van der Waals surface area (Å²) in [7, 11) is 0. The van der Waals surface area contributed by atoms with Crippen molar-refractivity contribution >= 4 is 93.1 Å². The van der Waals surface area contributed by atoms with Crippen molar-refractivity contribution in [2.75, 3.05) is 19.0 Å². The Morgan fingerprint density at radius 2 is 1.82 bits per heavy atom. The largest absolute Gasteiger partial charge is 0.445 e. The molecule has 220 valence electrons. The first kappa shape index (κ1) is 33.7. The van der Waals surface area contributed by atoms with E-state index >= 15 is 0 Å². The molecule has 0 saturated carbocycles. The summed E-state index contributed by atoms with van der Waals surface area (Å²) in [6.07, 6.45) is -0.0932. The highest BCUT2D eigenvalue weighted by Crippen LogP contribution is 2.31. The van der Waals surface area contributed by atoms with Gasteiger partial charge in [-0.3, -0.25) is 29.8 Å². The Balaban J connectivity index is 1.87. The van der Waals surface area contributed by atoms with Crippen LogP contribution in [0.25, 0.3) is 0 Å². The maximum Gasteiger partial charge on any atom is 0.410 e. The Kier molecular flexibility index (Phi) is 13.1. The normalized spacial score (nSPS) is 17.5. The predicted octanol–water partition coefficient (Wildman–Crippen LogP) is 3.35. The summed E-state index contributed by atoms with van der Waals surface area (Å²) in [4.78, 5) is 71.9. The zero-order chi connectivity index (χ0) is 30.0. The number of ether oxygens (including phenoxy) is 1. The standard InChI is InChI=1S/C22H26Cl3N5O8S2/c1-12(18(32)26-11-27-20(34)28-19(33)22(23,24)25)39-10-16-7-17(40-13(2)31)8-29(16)21(35)38-9-14-3-5-15(6-4-14)30(36)37/h3-6,12,16-17H,7-11H2,1-2H3,(H,26,32)(H2,27,28,33,34)/t12?,16-,17+/m0/s1. The number of thioether (sulfide) groups is 2. The second kappa shape index (κ2) is 15.5. The van der Waals surface area contributed by atoms with Crippen molar-refractivity contribution in [3.63, 3.8) is 0 Å². The molecule has 0 aromatic heterocycles. The monoisotopic (exact) mass is 657 g/mol. The number of hydrogen-bond acceptors (Lipinski definition) is 10. The first-order valence-electron chi connectivity index (χ1n) is 11.6. The lowest BCUT2D eigenvalue weighted by Gasteiger charge is -2.24. The number of rotatable bonds is 10. The van der Waals surface area contributed by atoms with Gasteiger partial charge in [-0.2, -0.15) is 0 Å². The fraction of sp³-hybridized carbons (Fsp3) is 0.500. The lowest BCUT2D eigenvalue weighted by atomic mass is 10.2. The van der Waals surface area contributed by atoms with Crippen molar-refractivity contribution < 1.29 is 33.6 Å². The summed E-state index contributed by atoms with van der Waals surface area (Å²) in [5, 5.41) is 16.5. The van der Waals surface area contributed by atoms with Crippen molar-refractivity contribution in [3.05, 3.63) is 39.9 Å².